The second-order valence-corrected chi connectivity index (χ2v) is 15.6. The van der Waals surface area contributed by atoms with Crippen molar-refractivity contribution in [2.75, 3.05) is 11.6 Å². The first-order chi connectivity index (χ1) is 23.6. The number of hydrogen-bond donors (Lipinski definition) is 3. The van der Waals surface area contributed by atoms with E-state index in [4.69, 9.17) is 23.5 Å². The van der Waals surface area contributed by atoms with Gasteiger partial charge in [-0.3, -0.25) is 4.79 Å². The minimum Gasteiger partial charge on any atom is -0.469 e. The van der Waals surface area contributed by atoms with Crippen LogP contribution in [0.2, 0.25) is 0 Å². The molecule has 3 aromatic carbocycles. The number of fused-ring (bicyclic) bond motifs is 7. The van der Waals surface area contributed by atoms with Crippen LogP contribution in [0.3, 0.4) is 0 Å². The summed E-state index contributed by atoms with van der Waals surface area (Å²) < 4.78 is 47.8. The number of hydrogen-bond acceptors (Lipinski definition) is 9. The molecule has 0 saturated heterocycles. The van der Waals surface area contributed by atoms with E-state index in [0.29, 0.717) is 23.0 Å². The Morgan fingerprint density at radius 1 is 1.02 bits per heavy atom. The summed E-state index contributed by atoms with van der Waals surface area (Å²) in [5, 5.41) is 6.81. The molecule has 10 bridgehead atoms. The lowest BCUT2D eigenvalue weighted by molar-refractivity contribution is -0.124. The lowest BCUT2D eigenvalue weighted by Crippen LogP contribution is -2.49. The number of carbonyl (C=O) groups excluding carboxylic acids is 1. The number of amides is 1. The van der Waals surface area contributed by atoms with Gasteiger partial charge < -0.3 is 24.2 Å². The molecule has 4 atom stereocenters. The number of nitrogens with zero attached hydrogens (tertiary/aromatic N) is 2. The highest BCUT2D eigenvalue weighted by molar-refractivity contribution is 7.88. The smallest absolute Gasteiger partial charge is 0.249 e. The van der Waals surface area contributed by atoms with Crippen LogP contribution >= 0.6 is 0 Å². The molecule has 11 nitrogen and oxygen atoms in total. The van der Waals surface area contributed by atoms with Gasteiger partial charge >= 0.3 is 0 Å². The number of benzene rings is 3. The molecular formula is C37H31N5O6S. The van der Waals surface area contributed by atoms with Crippen molar-refractivity contribution in [3.05, 3.63) is 112 Å². The molecule has 0 saturated carbocycles. The van der Waals surface area contributed by atoms with E-state index in [1.807, 2.05) is 32.0 Å². The van der Waals surface area contributed by atoms with E-state index in [1.54, 1.807) is 6.20 Å². The molecule has 0 radical (unpaired) electrons. The summed E-state index contributed by atoms with van der Waals surface area (Å²) in [6.45, 7) is 3.90. The van der Waals surface area contributed by atoms with Crippen molar-refractivity contribution >= 4 is 27.2 Å². The zero-order valence-corrected chi connectivity index (χ0v) is 27.6. The fourth-order valence-corrected chi connectivity index (χ4v) is 9.05. The van der Waals surface area contributed by atoms with Crippen LogP contribution in [0, 0.1) is 5.92 Å². The van der Waals surface area contributed by atoms with Gasteiger partial charge in [-0.1, -0.05) is 68.5 Å². The first kappa shape index (κ1) is 28.8. The third-order valence-electron chi connectivity index (χ3n) is 10.4. The molecule has 2 unspecified atom stereocenters. The Labute approximate surface area is 281 Å². The maximum absolute atomic E-state index is 13.9. The second kappa shape index (κ2) is 9.70. The number of oxazole rings is 2. The molecule has 4 aliphatic heterocycles. The van der Waals surface area contributed by atoms with Crippen molar-refractivity contribution in [3.8, 4) is 28.5 Å². The Hall–Kier alpha value is -5.20. The van der Waals surface area contributed by atoms with E-state index in [2.05, 4.69) is 57.8 Å². The zero-order valence-electron chi connectivity index (χ0n) is 26.8. The average Bonchev–Trinajstić information content (AvgIpc) is 3.87. The van der Waals surface area contributed by atoms with Crippen LogP contribution in [-0.2, 0) is 33.1 Å². The highest BCUT2D eigenvalue weighted by Gasteiger charge is 2.61. The SMILES string of the molecule is CC(C)[C@@H]1NC(=O)C(NS(C)(=O)=O)Cc2ccc3c(c2)C24c5cccc(c5N[C@H]2O3)-c2cccc3c2C(=CC3)c2cnc(o2)-c2nc1oc24. The fourth-order valence-electron chi connectivity index (χ4n) is 8.34. The van der Waals surface area contributed by atoms with E-state index < -0.39 is 39.7 Å². The molecule has 5 aromatic rings. The van der Waals surface area contributed by atoms with Gasteiger partial charge in [0.1, 0.15) is 23.2 Å². The lowest BCUT2D eigenvalue weighted by atomic mass is 9.72. The highest BCUT2D eigenvalue weighted by Crippen LogP contribution is 2.61. The minimum absolute atomic E-state index is 0.117. The molecule has 49 heavy (non-hydrogen) atoms. The molecule has 5 aliphatic rings. The molecule has 2 aromatic heterocycles. The Morgan fingerprint density at radius 2 is 1.86 bits per heavy atom. The van der Waals surface area contributed by atoms with Crippen molar-refractivity contribution in [2.45, 2.75) is 50.4 Å². The molecule has 10 rings (SSSR count). The molecule has 1 aliphatic carbocycles. The summed E-state index contributed by atoms with van der Waals surface area (Å²) in [5.41, 5.74) is 8.15. The van der Waals surface area contributed by atoms with Crippen molar-refractivity contribution < 1.29 is 26.8 Å². The molecule has 0 fully saturated rings. The quantitative estimate of drug-likeness (QED) is 0.239. The number of rotatable bonds is 3. The van der Waals surface area contributed by atoms with Crippen molar-refractivity contribution in [1.82, 2.24) is 20.0 Å². The molecular weight excluding hydrogens is 643 g/mol. The average molecular weight is 674 g/mol. The molecule has 3 N–H and O–H groups in total. The Morgan fingerprint density at radius 3 is 2.69 bits per heavy atom. The van der Waals surface area contributed by atoms with E-state index in [-0.39, 0.29) is 24.1 Å². The van der Waals surface area contributed by atoms with Crippen LogP contribution in [0.4, 0.5) is 5.69 Å². The monoisotopic (exact) mass is 673 g/mol. The minimum atomic E-state index is -3.74. The first-order valence-electron chi connectivity index (χ1n) is 16.4. The van der Waals surface area contributed by atoms with Crippen LogP contribution in [-0.4, -0.2) is 42.8 Å². The molecule has 1 amide bonds. The summed E-state index contributed by atoms with van der Waals surface area (Å²) >= 11 is 0. The van der Waals surface area contributed by atoms with E-state index in [9.17, 15) is 13.2 Å². The third kappa shape index (κ3) is 3.92. The highest BCUT2D eigenvalue weighted by atomic mass is 32.2. The topological polar surface area (TPSA) is 149 Å². The van der Waals surface area contributed by atoms with Gasteiger partial charge in [-0.15, -0.1) is 0 Å². The van der Waals surface area contributed by atoms with Gasteiger partial charge in [0.25, 0.3) is 0 Å². The van der Waals surface area contributed by atoms with Gasteiger partial charge in [0, 0.05) is 28.0 Å². The third-order valence-corrected chi connectivity index (χ3v) is 11.1. The number of allylic oxidation sites excluding steroid dienone is 1. The number of ether oxygens (including phenoxy) is 1. The number of para-hydroxylation sites is 1. The number of carbonyl (C=O) groups is 1. The van der Waals surface area contributed by atoms with E-state index >= 15 is 0 Å². The maximum atomic E-state index is 13.9. The first-order valence-corrected chi connectivity index (χ1v) is 18.3. The van der Waals surface area contributed by atoms with Gasteiger partial charge in [0.15, 0.2) is 23.4 Å². The van der Waals surface area contributed by atoms with Crippen LogP contribution < -0.4 is 20.1 Å². The van der Waals surface area contributed by atoms with Crippen LogP contribution in [0.1, 0.15) is 65.1 Å². The van der Waals surface area contributed by atoms with Crippen molar-refractivity contribution in [1.29, 1.82) is 0 Å². The lowest BCUT2D eigenvalue weighted by Gasteiger charge is -2.28. The number of anilines is 1. The van der Waals surface area contributed by atoms with Gasteiger partial charge in [-0.05, 0) is 47.1 Å². The number of aromatic nitrogens is 2. The van der Waals surface area contributed by atoms with Crippen LogP contribution in [0.25, 0.3) is 28.3 Å². The maximum Gasteiger partial charge on any atom is 0.249 e. The Kier molecular flexibility index (Phi) is 5.70. The van der Waals surface area contributed by atoms with Crippen LogP contribution in [0.15, 0.2) is 75.7 Å². The largest absolute Gasteiger partial charge is 0.469 e. The molecule has 6 heterocycles. The predicted octanol–water partition coefficient (Wildman–Crippen LogP) is 5.06. The zero-order chi connectivity index (χ0) is 33.4. The summed E-state index contributed by atoms with van der Waals surface area (Å²) in [5.74, 6) is 1.64. The predicted molar refractivity (Wildman–Crippen MR) is 180 cm³/mol. The van der Waals surface area contributed by atoms with Gasteiger partial charge in [-0.25, -0.2) is 23.1 Å². The summed E-state index contributed by atoms with van der Waals surface area (Å²) in [6, 6.07) is 16.6. The number of nitrogens with one attached hydrogen (secondary N) is 3. The fraction of sp³-hybridized carbons (Fsp3) is 0.270. The summed E-state index contributed by atoms with van der Waals surface area (Å²) in [4.78, 5) is 23.7. The normalized spacial score (nSPS) is 23.8. The Balaban J connectivity index is 1.33. The van der Waals surface area contributed by atoms with Gasteiger partial charge in [0.05, 0.1) is 12.5 Å². The standard InChI is InChI=1S/C37H31N5O6S/c1-17(2)29-35-40-31-32(48-35)37-23-9-5-8-21(20-7-4-6-19-11-12-22(28(19)20)27-16-38-34(31)46-27)30(23)41-36(37)47-26-13-10-18(14-24(26)37)15-25(33(43)39-29)42-49(3,44)45/h4-10,12-14,16-17,25,29,36,41-42H,11,15H2,1-3H3,(H,39,43)/t25?,29-,36-,37?/m0/s1. The Bertz CT molecular complexity index is 2430. The summed E-state index contributed by atoms with van der Waals surface area (Å²) in [7, 11) is -3.74. The van der Waals surface area contributed by atoms with Crippen molar-refractivity contribution in [2.24, 2.45) is 5.92 Å². The molecule has 246 valence electrons. The van der Waals surface area contributed by atoms with Gasteiger partial charge in [0.2, 0.25) is 27.7 Å². The summed E-state index contributed by atoms with van der Waals surface area (Å²) in [6.07, 6.45) is 5.22. The van der Waals surface area contributed by atoms with E-state index in [0.717, 1.165) is 57.3 Å². The van der Waals surface area contributed by atoms with Gasteiger partial charge in [-0.2, -0.15) is 0 Å². The van der Waals surface area contributed by atoms with E-state index in [1.165, 1.54) is 5.56 Å². The van der Waals surface area contributed by atoms with Crippen molar-refractivity contribution in [3.63, 3.8) is 0 Å². The second-order valence-electron chi connectivity index (χ2n) is 13.8. The molecule has 12 heteroatoms. The molecule has 1 spiro atoms. The van der Waals surface area contributed by atoms with Crippen LogP contribution in [0.5, 0.6) is 5.75 Å². The number of sulfonamides is 1.